The Morgan fingerprint density at radius 3 is 2.69 bits per heavy atom. The molecule has 4 rings (SSSR count). The number of phenolic OH excluding ortho intramolecular Hbond substituents is 1. The average molecular weight is 353 g/mol. The van der Waals surface area contributed by atoms with Crippen molar-refractivity contribution >= 4 is 28.8 Å². The lowest BCUT2D eigenvalue weighted by molar-refractivity contribution is 0.0522. The van der Waals surface area contributed by atoms with Gasteiger partial charge in [0.15, 0.2) is 11.5 Å². The summed E-state index contributed by atoms with van der Waals surface area (Å²) in [6, 6.07) is 3.52. The highest BCUT2D eigenvalue weighted by molar-refractivity contribution is 5.98. The predicted octanol–water partition coefficient (Wildman–Crippen LogP) is 1.01. The largest absolute Gasteiger partial charge is 0.507 e. The zero-order valence-electron chi connectivity index (χ0n) is 14.5. The number of aromatic nitrogens is 4. The quantitative estimate of drug-likeness (QED) is 0.625. The Bertz CT molecular complexity index is 1040. The fourth-order valence-corrected chi connectivity index (χ4v) is 3.16. The maximum atomic E-state index is 12.7. The van der Waals surface area contributed by atoms with Crippen molar-refractivity contribution in [3.63, 3.8) is 0 Å². The third-order valence-electron chi connectivity index (χ3n) is 4.94. The van der Waals surface area contributed by atoms with Gasteiger partial charge in [0.25, 0.3) is 5.91 Å². The Morgan fingerprint density at radius 1 is 1.23 bits per heavy atom. The molecule has 0 unspecified atom stereocenters. The van der Waals surface area contributed by atoms with Gasteiger partial charge in [-0.25, -0.2) is 4.98 Å². The van der Waals surface area contributed by atoms with Crippen LogP contribution in [-0.4, -0.2) is 48.5 Å². The number of likely N-dealkylation sites (tertiary alicyclic amines) is 1. The number of nitrogens with two attached hydrogens (primary N) is 2. The summed E-state index contributed by atoms with van der Waals surface area (Å²) in [6.07, 6.45) is 1.63. The molecule has 1 aromatic carbocycles. The Hall–Kier alpha value is -3.36. The van der Waals surface area contributed by atoms with Crippen molar-refractivity contribution in [1.82, 2.24) is 24.4 Å². The fraction of sp³-hybridized carbons (Fsp3) is 0.294. The Labute approximate surface area is 149 Å². The number of imidazole rings is 1. The molecule has 0 spiro atoms. The van der Waals surface area contributed by atoms with Crippen LogP contribution in [0, 0.1) is 13.8 Å². The van der Waals surface area contributed by atoms with Crippen LogP contribution in [-0.2, 0) is 0 Å². The minimum atomic E-state index is -0.195. The first-order valence-electron chi connectivity index (χ1n) is 8.20. The molecule has 9 nitrogen and oxygen atoms in total. The third-order valence-corrected chi connectivity index (χ3v) is 4.94. The summed E-state index contributed by atoms with van der Waals surface area (Å²) in [5.41, 5.74) is 14.5. The summed E-state index contributed by atoms with van der Waals surface area (Å²) in [5, 5.41) is 10.3. The first-order chi connectivity index (χ1) is 12.4. The maximum absolute atomic E-state index is 12.7. The molecule has 0 bridgehead atoms. The molecule has 0 saturated carbocycles. The number of carbonyl (C=O) groups is 1. The highest BCUT2D eigenvalue weighted by Gasteiger charge is 2.34. The molecule has 3 heterocycles. The normalized spacial score (nSPS) is 14.6. The van der Waals surface area contributed by atoms with Gasteiger partial charge in [0, 0.05) is 13.1 Å². The van der Waals surface area contributed by atoms with Gasteiger partial charge < -0.3 is 26.0 Å². The number of nitrogen functional groups attached to an aromatic ring is 2. The van der Waals surface area contributed by atoms with Crippen LogP contribution in [0.3, 0.4) is 0 Å². The summed E-state index contributed by atoms with van der Waals surface area (Å²) in [7, 11) is 0. The van der Waals surface area contributed by atoms with Crippen LogP contribution in [0.15, 0.2) is 18.5 Å². The molecule has 0 radical (unpaired) electrons. The van der Waals surface area contributed by atoms with Crippen LogP contribution < -0.4 is 11.5 Å². The fourth-order valence-electron chi connectivity index (χ4n) is 3.16. The lowest BCUT2D eigenvalue weighted by atomic mass is 10.0. The molecule has 0 atom stereocenters. The van der Waals surface area contributed by atoms with Crippen molar-refractivity contribution in [2.24, 2.45) is 0 Å². The van der Waals surface area contributed by atoms with Crippen LogP contribution in [0.25, 0.3) is 11.2 Å². The summed E-state index contributed by atoms with van der Waals surface area (Å²) < 4.78 is 1.85. The molecule has 1 fully saturated rings. The molecule has 1 aliphatic rings. The van der Waals surface area contributed by atoms with Gasteiger partial charge in [-0.1, -0.05) is 6.07 Å². The van der Waals surface area contributed by atoms with Crippen molar-refractivity contribution in [3.8, 4) is 5.75 Å². The number of nitrogens with zero attached hydrogens (tertiary/aromatic N) is 5. The monoisotopic (exact) mass is 353 g/mol. The number of hydrogen-bond acceptors (Lipinski definition) is 7. The highest BCUT2D eigenvalue weighted by atomic mass is 16.3. The molecule has 9 heteroatoms. The van der Waals surface area contributed by atoms with Gasteiger partial charge in [0.2, 0.25) is 5.95 Å². The molecule has 3 aromatic rings. The van der Waals surface area contributed by atoms with Gasteiger partial charge in [0.05, 0.1) is 17.9 Å². The summed E-state index contributed by atoms with van der Waals surface area (Å²) >= 11 is 0. The van der Waals surface area contributed by atoms with E-state index in [0.717, 1.165) is 11.1 Å². The first-order valence-corrected chi connectivity index (χ1v) is 8.20. The molecule has 2 aromatic heterocycles. The summed E-state index contributed by atoms with van der Waals surface area (Å²) in [6.45, 7) is 4.67. The van der Waals surface area contributed by atoms with E-state index in [0.29, 0.717) is 29.8 Å². The smallest absolute Gasteiger partial charge is 0.257 e. The second kappa shape index (κ2) is 5.58. The van der Waals surface area contributed by atoms with Crippen LogP contribution >= 0.6 is 0 Å². The van der Waals surface area contributed by atoms with Gasteiger partial charge >= 0.3 is 0 Å². The standard InChI is InChI=1S/C17H19N7O2/c1-8-3-4-11(13(25)9(8)2)16(26)23-5-10(6-23)24-7-20-12-14(18)21-17(19)22-15(12)24/h3-4,7,10,25H,5-6H2,1-2H3,(H4,18,19,21,22). The number of rotatable bonds is 2. The van der Waals surface area contributed by atoms with Crippen LogP contribution in [0.4, 0.5) is 11.8 Å². The zero-order valence-corrected chi connectivity index (χ0v) is 14.5. The van der Waals surface area contributed by atoms with Crippen molar-refractivity contribution in [3.05, 3.63) is 35.2 Å². The molecular formula is C17H19N7O2. The minimum absolute atomic E-state index is 0.0198. The van der Waals surface area contributed by atoms with Crippen molar-refractivity contribution in [2.45, 2.75) is 19.9 Å². The number of phenols is 1. The van der Waals surface area contributed by atoms with E-state index in [1.807, 2.05) is 17.6 Å². The van der Waals surface area contributed by atoms with Gasteiger partial charge in [-0.3, -0.25) is 4.79 Å². The van der Waals surface area contributed by atoms with Crippen molar-refractivity contribution < 1.29 is 9.90 Å². The van der Waals surface area contributed by atoms with Gasteiger partial charge in [0.1, 0.15) is 11.3 Å². The van der Waals surface area contributed by atoms with E-state index >= 15 is 0 Å². The van der Waals surface area contributed by atoms with E-state index in [1.165, 1.54) is 0 Å². The maximum Gasteiger partial charge on any atom is 0.257 e. The highest BCUT2D eigenvalue weighted by Crippen LogP contribution is 2.31. The number of anilines is 2. The van der Waals surface area contributed by atoms with Crippen molar-refractivity contribution in [1.29, 1.82) is 0 Å². The number of amides is 1. The van der Waals surface area contributed by atoms with E-state index in [9.17, 15) is 9.90 Å². The van der Waals surface area contributed by atoms with Gasteiger partial charge in [-0.15, -0.1) is 0 Å². The Morgan fingerprint density at radius 2 is 1.96 bits per heavy atom. The van der Waals surface area contributed by atoms with E-state index in [-0.39, 0.29) is 29.5 Å². The summed E-state index contributed by atoms with van der Waals surface area (Å²) in [5.74, 6) is 0.169. The zero-order chi connectivity index (χ0) is 18.6. The lowest BCUT2D eigenvalue weighted by Gasteiger charge is -2.40. The van der Waals surface area contributed by atoms with E-state index in [2.05, 4.69) is 15.0 Å². The van der Waals surface area contributed by atoms with Gasteiger partial charge in [-0.05, 0) is 31.0 Å². The lowest BCUT2D eigenvalue weighted by Crippen LogP contribution is -2.50. The van der Waals surface area contributed by atoms with E-state index in [4.69, 9.17) is 11.5 Å². The third kappa shape index (κ3) is 2.32. The number of fused-ring (bicyclic) bond motifs is 1. The van der Waals surface area contributed by atoms with E-state index in [1.54, 1.807) is 24.2 Å². The van der Waals surface area contributed by atoms with Crippen LogP contribution in [0.2, 0.25) is 0 Å². The van der Waals surface area contributed by atoms with Crippen molar-refractivity contribution in [2.75, 3.05) is 24.6 Å². The molecule has 134 valence electrons. The topological polar surface area (TPSA) is 136 Å². The van der Waals surface area contributed by atoms with E-state index < -0.39 is 0 Å². The van der Waals surface area contributed by atoms with Crippen LogP contribution in [0.5, 0.6) is 5.75 Å². The molecule has 26 heavy (non-hydrogen) atoms. The molecule has 1 aliphatic heterocycles. The SMILES string of the molecule is Cc1ccc(C(=O)N2CC(n3cnc4c(N)nc(N)nc43)C2)c(O)c1C. The second-order valence-corrected chi connectivity index (χ2v) is 6.56. The molecule has 1 amide bonds. The second-order valence-electron chi connectivity index (χ2n) is 6.56. The molecular weight excluding hydrogens is 334 g/mol. The predicted molar refractivity (Wildman–Crippen MR) is 96.7 cm³/mol. The Balaban J connectivity index is 1.56. The number of aromatic hydroxyl groups is 1. The molecule has 5 N–H and O–H groups in total. The average Bonchev–Trinajstić information content (AvgIpc) is 2.95. The molecule has 0 aliphatic carbocycles. The Kier molecular flexibility index (Phi) is 3.46. The molecule has 1 saturated heterocycles. The van der Waals surface area contributed by atoms with Gasteiger partial charge in [-0.2, -0.15) is 9.97 Å². The number of hydrogen-bond donors (Lipinski definition) is 3. The number of carbonyl (C=O) groups excluding carboxylic acids is 1. The first kappa shape index (κ1) is 16.1. The number of aryl methyl sites for hydroxylation is 1. The summed E-state index contributed by atoms with van der Waals surface area (Å²) in [4.78, 5) is 26.7. The minimum Gasteiger partial charge on any atom is -0.507 e. The van der Waals surface area contributed by atoms with Crippen LogP contribution in [0.1, 0.15) is 27.5 Å². The number of benzene rings is 1.